The molecular weight excluding hydrogens is 424 g/mol. The lowest BCUT2D eigenvalue weighted by Gasteiger charge is -2.20. The number of nitrogens with zero attached hydrogens (tertiary/aromatic N) is 2. The first-order chi connectivity index (χ1) is 15.6. The molecule has 7 heteroatoms. The first-order valence-electron chi connectivity index (χ1n) is 10.1. The molecule has 1 aliphatic rings. The summed E-state index contributed by atoms with van der Waals surface area (Å²) in [7, 11) is 0. The topological polar surface area (TPSA) is 89.4 Å². The van der Waals surface area contributed by atoms with Gasteiger partial charge in [-0.25, -0.2) is 9.78 Å². The number of carboxylic acid groups (broad SMARTS) is 1. The number of carboxylic acids is 1. The summed E-state index contributed by atoms with van der Waals surface area (Å²) in [6.07, 6.45) is 4.51. The van der Waals surface area contributed by atoms with Gasteiger partial charge in [-0.05, 0) is 41.8 Å². The Kier molecular flexibility index (Phi) is 5.25. The molecule has 32 heavy (non-hydrogen) atoms. The number of pyridine rings is 1. The Balaban J connectivity index is 1.30. The number of carbonyl (C=O) groups is 2. The van der Waals surface area contributed by atoms with Gasteiger partial charge in [0.05, 0.1) is 0 Å². The van der Waals surface area contributed by atoms with Gasteiger partial charge in [0.15, 0.2) is 11.5 Å². The van der Waals surface area contributed by atoms with Gasteiger partial charge in [-0.3, -0.25) is 9.78 Å². The van der Waals surface area contributed by atoms with Crippen molar-refractivity contribution < 1.29 is 19.4 Å². The van der Waals surface area contributed by atoms with E-state index in [1.54, 1.807) is 12.4 Å². The second-order valence-electron chi connectivity index (χ2n) is 7.50. The molecule has 0 fully saturated rings. The number of carbonyl (C=O) groups excluding carboxylic acids is 1. The predicted octanol–water partition coefficient (Wildman–Crippen LogP) is 5.28. The molecule has 0 atom stereocenters. The van der Waals surface area contributed by atoms with E-state index >= 15 is 0 Å². The molecule has 2 aromatic carbocycles. The van der Waals surface area contributed by atoms with Gasteiger partial charge < -0.3 is 9.84 Å². The minimum absolute atomic E-state index is 0.0408. The summed E-state index contributed by atoms with van der Waals surface area (Å²) >= 11 is 1.29. The average Bonchev–Trinajstić information content (AvgIpc) is 3.33. The third kappa shape index (κ3) is 3.90. The van der Waals surface area contributed by atoms with Crippen molar-refractivity contribution in [3.8, 4) is 27.4 Å². The fraction of sp³-hybridized carbons (Fsp3) is 0.120. The van der Waals surface area contributed by atoms with Crippen LogP contribution >= 0.6 is 11.3 Å². The largest absolute Gasteiger partial charge is 0.488 e. The maximum atomic E-state index is 12.8. The average molecular weight is 442 g/mol. The second kappa shape index (κ2) is 8.36. The number of ketones is 1. The number of aryl methyl sites for hydroxylation is 1. The summed E-state index contributed by atoms with van der Waals surface area (Å²) in [5.41, 5.74) is 5.62. The zero-order valence-electron chi connectivity index (χ0n) is 16.9. The number of aromatic carboxylic acids is 1. The molecule has 0 unspecified atom stereocenters. The first-order valence-corrected chi connectivity index (χ1v) is 11.0. The van der Waals surface area contributed by atoms with Gasteiger partial charge in [-0.2, -0.15) is 0 Å². The lowest BCUT2D eigenvalue weighted by molar-refractivity contribution is 0.0691. The zero-order valence-corrected chi connectivity index (χ0v) is 17.8. The Bertz CT molecular complexity index is 1350. The lowest BCUT2D eigenvalue weighted by atomic mass is 9.95. The number of benzene rings is 2. The van der Waals surface area contributed by atoms with Crippen molar-refractivity contribution in [1.82, 2.24) is 9.97 Å². The number of ether oxygens (including phenoxy) is 1. The van der Waals surface area contributed by atoms with Crippen LogP contribution in [0.3, 0.4) is 0 Å². The van der Waals surface area contributed by atoms with E-state index in [1.807, 2.05) is 48.5 Å². The fourth-order valence-electron chi connectivity index (χ4n) is 3.76. The van der Waals surface area contributed by atoms with Gasteiger partial charge in [-0.15, -0.1) is 11.3 Å². The predicted molar refractivity (Wildman–Crippen MR) is 121 cm³/mol. The van der Waals surface area contributed by atoms with Crippen molar-refractivity contribution in [2.75, 3.05) is 0 Å². The van der Waals surface area contributed by atoms with E-state index in [4.69, 9.17) is 9.84 Å². The molecule has 0 spiro atoms. The molecule has 2 aromatic heterocycles. The number of fused-ring (bicyclic) bond motifs is 3. The van der Waals surface area contributed by atoms with Crippen molar-refractivity contribution in [2.45, 2.75) is 19.4 Å². The summed E-state index contributed by atoms with van der Waals surface area (Å²) in [6, 6.07) is 15.3. The van der Waals surface area contributed by atoms with Crippen LogP contribution in [-0.4, -0.2) is 26.8 Å². The summed E-state index contributed by atoms with van der Waals surface area (Å²) in [5, 5.41) is 11.3. The zero-order chi connectivity index (χ0) is 22.1. The number of rotatable bonds is 6. The normalized spacial score (nSPS) is 11.9. The van der Waals surface area contributed by atoms with E-state index < -0.39 is 5.97 Å². The van der Waals surface area contributed by atoms with E-state index in [9.17, 15) is 9.59 Å². The van der Waals surface area contributed by atoms with Gasteiger partial charge in [0.2, 0.25) is 0 Å². The quantitative estimate of drug-likeness (QED) is 0.409. The molecule has 0 amide bonds. The van der Waals surface area contributed by atoms with E-state index in [-0.39, 0.29) is 11.5 Å². The molecule has 1 N–H and O–H groups in total. The minimum Gasteiger partial charge on any atom is -0.488 e. The van der Waals surface area contributed by atoms with Crippen LogP contribution in [0, 0.1) is 0 Å². The number of hydrogen-bond donors (Lipinski definition) is 1. The highest BCUT2D eigenvalue weighted by molar-refractivity contribution is 7.13. The maximum absolute atomic E-state index is 12.8. The van der Waals surface area contributed by atoms with Crippen molar-refractivity contribution in [1.29, 1.82) is 0 Å². The Morgan fingerprint density at radius 3 is 2.84 bits per heavy atom. The van der Waals surface area contributed by atoms with Crippen LogP contribution in [0.2, 0.25) is 0 Å². The monoisotopic (exact) mass is 442 g/mol. The third-order valence-electron chi connectivity index (χ3n) is 5.42. The molecule has 3 heterocycles. The molecule has 158 valence electrons. The van der Waals surface area contributed by atoms with Crippen LogP contribution in [0.25, 0.3) is 21.7 Å². The smallest absolute Gasteiger partial charge is 0.355 e. The van der Waals surface area contributed by atoms with Gasteiger partial charge in [0, 0.05) is 46.4 Å². The molecule has 4 aromatic rings. The van der Waals surface area contributed by atoms with Gasteiger partial charge >= 0.3 is 5.97 Å². The Morgan fingerprint density at radius 2 is 2.00 bits per heavy atom. The molecule has 6 nitrogen and oxygen atoms in total. The van der Waals surface area contributed by atoms with Gasteiger partial charge in [0.1, 0.15) is 17.4 Å². The summed E-state index contributed by atoms with van der Waals surface area (Å²) in [6.45, 7) is 0.445. The Labute approximate surface area is 188 Å². The molecule has 0 bridgehead atoms. The SMILES string of the molecule is O=C(CCc1cccc(-c2nc(C(=O)O)cs2)c1)c1ccc2c(c1)OCc1cnccc1-2. The van der Waals surface area contributed by atoms with E-state index in [2.05, 4.69) is 9.97 Å². The third-order valence-corrected chi connectivity index (χ3v) is 6.31. The highest BCUT2D eigenvalue weighted by Gasteiger charge is 2.19. The standard InChI is InChI=1S/C25H18N2O4S/c28-22(16-5-6-20-19-8-9-26-12-18(19)13-31-23(20)11-16)7-4-15-2-1-3-17(10-15)24-27-21(14-32-24)25(29)30/h1-3,5-6,8-12,14H,4,7,13H2,(H,29,30). The fourth-order valence-corrected chi connectivity index (χ4v) is 4.56. The van der Waals surface area contributed by atoms with Crippen LogP contribution in [0.5, 0.6) is 5.75 Å². The Morgan fingerprint density at radius 1 is 1.09 bits per heavy atom. The van der Waals surface area contributed by atoms with Crippen LogP contribution in [0.4, 0.5) is 0 Å². The van der Waals surface area contributed by atoms with Crippen molar-refractivity contribution >= 4 is 23.1 Å². The molecule has 1 aliphatic heterocycles. The van der Waals surface area contributed by atoms with Crippen LogP contribution < -0.4 is 4.74 Å². The van der Waals surface area contributed by atoms with E-state index in [0.29, 0.717) is 30.0 Å². The van der Waals surface area contributed by atoms with E-state index in [0.717, 1.165) is 33.6 Å². The lowest BCUT2D eigenvalue weighted by Crippen LogP contribution is -2.08. The first kappa shape index (κ1) is 20.1. The summed E-state index contributed by atoms with van der Waals surface area (Å²) < 4.78 is 5.85. The molecule has 0 saturated heterocycles. The maximum Gasteiger partial charge on any atom is 0.355 e. The van der Waals surface area contributed by atoms with Crippen LogP contribution in [-0.2, 0) is 13.0 Å². The highest BCUT2D eigenvalue weighted by atomic mass is 32.1. The molecular formula is C25H18N2O4S. The van der Waals surface area contributed by atoms with Crippen molar-refractivity contribution in [3.63, 3.8) is 0 Å². The van der Waals surface area contributed by atoms with Crippen LogP contribution in [0.1, 0.15) is 38.4 Å². The molecule has 0 aliphatic carbocycles. The van der Waals surface area contributed by atoms with Crippen LogP contribution in [0.15, 0.2) is 66.3 Å². The number of Topliss-reactive ketones (excluding diaryl/α,β-unsaturated/α-hetero) is 1. The summed E-state index contributed by atoms with van der Waals surface area (Å²) in [4.78, 5) is 32.2. The van der Waals surface area contributed by atoms with Gasteiger partial charge in [0.25, 0.3) is 0 Å². The van der Waals surface area contributed by atoms with E-state index in [1.165, 1.54) is 16.7 Å². The number of hydrogen-bond acceptors (Lipinski definition) is 6. The number of aromatic nitrogens is 2. The molecule has 0 radical (unpaired) electrons. The van der Waals surface area contributed by atoms with Crippen molar-refractivity contribution in [3.05, 3.63) is 88.7 Å². The molecule has 5 rings (SSSR count). The second-order valence-corrected chi connectivity index (χ2v) is 8.36. The molecule has 0 saturated carbocycles. The highest BCUT2D eigenvalue weighted by Crippen LogP contribution is 2.37. The van der Waals surface area contributed by atoms with Crippen molar-refractivity contribution in [2.24, 2.45) is 0 Å². The minimum atomic E-state index is -1.04. The number of thiazole rings is 1. The summed E-state index contributed by atoms with van der Waals surface area (Å²) in [5.74, 6) is -0.275. The Hall–Kier alpha value is -3.84. The van der Waals surface area contributed by atoms with Gasteiger partial charge in [-0.1, -0.05) is 24.3 Å².